The van der Waals surface area contributed by atoms with Crippen LogP contribution in [0.25, 0.3) is 44.8 Å². The minimum Gasteiger partial charge on any atom is -0.0616 e. The van der Waals surface area contributed by atoms with Crippen LogP contribution < -0.4 is 10.4 Å². The molecule has 0 N–H and O–H groups in total. The summed E-state index contributed by atoms with van der Waals surface area (Å²) in [6, 6.07) is 40.0. The van der Waals surface area contributed by atoms with Crippen LogP contribution in [0.5, 0.6) is 0 Å². The van der Waals surface area contributed by atoms with E-state index in [2.05, 4.69) is 121 Å². The van der Waals surface area contributed by atoms with Crippen LogP contribution in [0.15, 0.2) is 109 Å². The van der Waals surface area contributed by atoms with Gasteiger partial charge in [0.1, 0.15) is 0 Å². The Hall–Kier alpha value is -4.42. The Morgan fingerprint density at radius 2 is 1.09 bits per heavy atom. The van der Waals surface area contributed by atoms with Gasteiger partial charge in [-0.1, -0.05) is 109 Å². The maximum Gasteiger partial charge on any atom is -0.00197 e. The Balaban J connectivity index is 1.71. The van der Waals surface area contributed by atoms with E-state index in [9.17, 15) is 0 Å². The zero-order chi connectivity index (χ0) is 22.2. The van der Waals surface area contributed by atoms with Crippen molar-refractivity contribution in [1.82, 2.24) is 0 Å². The highest BCUT2D eigenvalue weighted by Crippen LogP contribution is 2.34. The molecular formula is C34H20. The van der Waals surface area contributed by atoms with Gasteiger partial charge in [-0.3, -0.25) is 0 Å². The molecule has 2 aliphatic carbocycles. The number of rotatable bonds is 0. The summed E-state index contributed by atoms with van der Waals surface area (Å²) in [5.74, 6) is 0. The van der Waals surface area contributed by atoms with Gasteiger partial charge in [0.2, 0.25) is 0 Å². The number of benzene rings is 6. The predicted molar refractivity (Wildman–Crippen MR) is 142 cm³/mol. The lowest BCUT2D eigenvalue weighted by molar-refractivity contribution is 1.47. The van der Waals surface area contributed by atoms with Gasteiger partial charge in [-0.25, -0.2) is 0 Å². The largest absolute Gasteiger partial charge is 0.0616 e. The monoisotopic (exact) mass is 428 g/mol. The molecule has 0 amide bonds. The van der Waals surface area contributed by atoms with Gasteiger partial charge in [0, 0.05) is 0 Å². The van der Waals surface area contributed by atoms with E-state index in [1.54, 1.807) is 0 Å². The fourth-order valence-corrected chi connectivity index (χ4v) is 6.15. The van der Waals surface area contributed by atoms with E-state index >= 15 is 0 Å². The normalized spacial score (nSPS) is 13.6. The van der Waals surface area contributed by atoms with Crippen molar-refractivity contribution in [2.45, 2.75) is 0 Å². The molecule has 6 aromatic rings. The third kappa shape index (κ3) is 2.27. The summed E-state index contributed by atoms with van der Waals surface area (Å²) in [4.78, 5) is 0. The SMILES string of the molecule is C1=c2ccccc2=c2c1c1c(=c3cccc4c3=Cc3ccccc3-4)cccc1c1ccccc21. The van der Waals surface area contributed by atoms with E-state index in [0.29, 0.717) is 0 Å². The first-order valence-electron chi connectivity index (χ1n) is 11.9. The molecule has 0 radical (unpaired) electrons. The van der Waals surface area contributed by atoms with E-state index in [1.807, 2.05) is 0 Å². The molecule has 2 aliphatic rings. The summed E-state index contributed by atoms with van der Waals surface area (Å²) in [7, 11) is 0. The van der Waals surface area contributed by atoms with E-state index in [1.165, 1.54) is 75.1 Å². The van der Waals surface area contributed by atoms with Crippen LogP contribution >= 0.6 is 0 Å². The minimum atomic E-state index is 1.31. The zero-order valence-corrected chi connectivity index (χ0v) is 18.5. The summed E-state index contributed by atoms with van der Waals surface area (Å²) in [5.41, 5.74) is 5.31. The zero-order valence-electron chi connectivity index (χ0n) is 18.5. The molecule has 0 aliphatic heterocycles. The van der Waals surface area contributed by atoms with E-state index in [4.69, 9.17) is 0 Å². The molecular weight excluding hydrogens is 408 g/mol. The molecule has 0 saturated carbocycles. The average Bonchev–Trinajstić information content (AvgIpc) is 3.47. The van der Waals surface area contributed by atoms with Crippen molar-refractivity contribution in [3.05, 3.63) is 152 Å². The lowest BCUT2D eigenvalue weighted by Crippen LogP contribution is -2.04. The molecule has 0 spiro atoms. The van der Waals surface area contributed by atoms with Crippen LogP contribution in [-0.2, 0) is 0 Å². The number of fused-ring (bicyclic) bond motifs is 10. The van der Waals surface area contributed by atoms with Crippen molar-refractivity contribution in [3.63, 3.8) is 0 Å². The molecule has 0 heterocycles. The topological polar surface area (TPSA) is 0 Å². The van der Waals surface area contributed by atoms with Crippen molar-refractivity contribution in [2.75, 3.05) is 0 Å². The first kappa shape index (κ1) is 18.1. The first-order chi connectivity index (χ1) is 16.9. The summed E-state index contributed by atoms with van der Waals surface area (Å²) in [5, 5.41) is 13.3. The summed E-state index contributed by atoms with van der Waals surface area (Å²) in [6.07, 6.45) is 4.75. The fraction of sp³-hybridized carbons (Fsp3) is 0. The van der Waals surface area contributed by atoms with E-state index < -0.39 is 0 Å². The van der Waals surface area contributed by atoms with Gasteiger partial charge in [0.05, 0.1) is 0 Å². The fourth-order valence-electron chi connectivity index (χ4n) is 6.15. The predicted octanol–water partition coefficient (Wildman–Crippen LogP) is 6.52. The van der Waals surface area contributed by atoms with Crippen molar-refractivity contribution in [1.29, 1.82) is 0 Å². The van der Waals surface area contributed by atoms with E-state index in [-0.39, 0.29) is 0 Å². The Morgan fingerprint density at radius 3 is 2.06 bits per heavy atom. The lowest BCUT2D eigenvalue weighted by atomic mass is 9.93. The minimum absolute atomic E-state index is 1.31. The molecule has 0 fully saturated rings. The number of hydrogen-bond donors (Lipinski definition) is 0. The third-order valence-corrected chi connectivity index (χ3v) is 7.57. The second-order valence-electron chi connectivity index (χ2n) is 9.29. The quantitative estimate of drug-likeness (QED) is 0.241. The van der Waals surface area contributed by atoms with Crippen molar-refractivity contribution in [3.8, 4) is 11.1 Å². The van der Waals surface area contributed by atoms with Gasteiger partial charge in [-0.15, -0.1) is 0 Å². The third-order valence-electron chi connectivity index (χ3n) is 7.57. The molecule has 156 valence electrons. The van der Waals surface area contributed by atoms with Crippen LogP contribution in [0.1, 0.15) is 11.1 Å². The van der Waals surface area contributed by atoms with Crippen LogP contribution in [0.4, 0.5) is 0 Å². The molecule has 0 nitrogen and oxygen atoms in total. The molecule has 0 atom stereocenters. The van der Waals surface area contributed by atoms with Crippen LogP contribution in [0.3, 0.4) is 0 Å². The molecule has 0 unspecified atom stereocenters. The molecule has 0 heteroatoms. The highest BCUT2D eigenvalue weighted by Gasteiger charge is 2.15. The Morgan fingerprint density at radius 1 is 0.412 bits per heavy atom. The summed E-state index contributed by atoms with van der Waals surface area (Å²) in [6.45, 7) is 0. The Kier molecular flexibility index (Phi) is 3.48. The summed E-state index contributed by atoms with van der Waals surface area (Å²) < 4.78 is 0. The first-order valence-corrected chi connectivity index (χ1v) is 11.9. The Bertz CT molecular complexity index is 2170. The van der Waals surface area contributed by atoms with Crippen LogP contribution in [0.2, 0.25) is 0 Å². The maximum absolute atomic E-state index is 2.39. The standard InChI is InChI=1S/C34H20/c1-3-11-23-21(9-1)19-31-25(23)15-7-16-27(31)30-18-8-17-29-26-13-5-6-14-28(26)33-24-12-4-2-10-22(24)20-32(33)34(29)30/h1-20H. The molecule has 0 aromatic heterocycles. The average molecular weight is 429 g/mol. The molecule has 0 saturated heterocycles. The maximum atomic E-state index is 2.39. The van der Waals surface area contributed by atoms with Gasteiger partial charge in [-0.05, 0) is 87.3 Å². The van der Waals surface area contributed by atoms with Gasteiger partial charge < -0.3 is 0 Å². The second kappa shape index (κ2) is 6.56. The molecule has 6 aromatic carbocycles. The lowest BCUT2D eigenvalue weighted by Gasteiger charge is -2.10. The Labute approximate surface area is 196 Å². The van der Waals surface area contributed by atoms with Crippen molar-refractivity contribution >= 4 is 33.7 Å². The van der Waals surface area contributed by atoms with Gasteiger partial charge >= 0.3 is 0 Å². The molecule has 8 rings (SSSR count). The van der Waals surface area contributed by atoms with Crippen LogP contribution in [0, 0.1) is 20.9 Å². The van der Waals surface area contributed by atoms with Gasteiger partial charge in [0.15, 0.2) is 0 Å². The van der Waals surface area contributed by atoms with E-state index in [0.717, 1.165) is 0 Å². The highest BCUT2D eigenvalue weighted by atomic mass is 14.2. The summed E-state index contributed by atoms with van der Waals surface area (Å²) >= 11 is 0. The second-order valence-corrected chi connectivity index (χ2v) is 9.29. The van der Waals surface area contributed by atoms with Crippen molar-refractivity contribution in [2.24, 2.45) is 0 Å². The van der Waals surface area contributed by atoms with Crippen molar-refractivity contribution < 1.29 is 0 Å². The highest BCUT2D eigenvalue weighted by molar-refractivity contribution is 6.11. The smallest absolute Gasteiger partial charge is 0.00197 e. The number of hydrogen-bond acceptors (Lipinski definition) is 0. The van der Waals surface area contributed by atoms with Crippen LogP contribution in [-0.4, -0.2) is 0 Å². The van der Waals surface area contributed by atoms with Gasteiger partial charge in [0.25, 0.3) is 0 Å². The van der Waals surface area contributed by atoms with Gasteiger partial charge in [-0.2, -0.15) is 0 Å². The molecule has 34 heavy (non-hydrogen) atoms. The molecule has 0 bridgehead atoms.